The lowest BCUT2D eigenvalue weighted by molar-refractivity contribution is -0.122. The molecule has 1 aromatic heterocycles. The summed E-state index contributed by atoms with van der Waals surface area (Å²) in [5.74, 6) is 0.533. The second kappa shape index (κ2) is 5.87. The summed E-state index contributed by atoms with van der Waals surface area (Å²) >= 11 is 1.69. The van der Waals surface area contributed by atoms with E-state index in [1.165, 1.54) is 12.5 Å². The van der Waals surface area contributed by atoms with Crippen LogP contribution in [0.15, 0.2) is 12.5 Å². The molecule has 2 heterocycles. The smallest absolute Gasteiger partial charge is 0.356 e. The molecule has 0 radical (unpaired) electrons. The first-order chi connectivity index (χ1) is 8.66. The summed E-state index contributed by atoms with van der Waals surface area (Å²) in [6, 6.07) is -0.118. The highest BCUT2D eigenvalue weighted by atomic mass is 32.2. The van der Waals surface area contributed by atoms with E-state index in [-0.39, 0.29) is 17.6 Å². The molecular formula is C10H14N4O3S. The fraction of sp³-hybridized carbons (Fsp3) is 0.500. The third-order valence-corrected chi connectivity index (χ3v) is 3.49. The summed E-state index contributed by atoms with van der Waals surface area (Å²) in [5, 5.41) is 14.6. The van der Waals surface area contributed by atoms with Crippen molar-refractivity contribution < 1.29 is 14.7 Å². The molecule has 8 heteroatoms. The molecule has 0 aromatic carbocycles. The first-order valence-electron chi connectivity index (χ1n) is 5.51. The van der Waals surface area contributed by atoms with Crippen LogP contribution in [0.25, 0.3) is 0 Å². The topological polar surface area (TPSA) is 96.2 Å². The van der Waals surface area contributed by atoms with Crippen molar-refractivity contribution in [3.63, 3.8) is 0 Å². The number of amides is 1. The largest absolute Gasteiger partial charge is 0.476 e. The summed E-state index contributed by atoms with van der Waals surface area (Å²) in [5.41, 5.74) is 0.00943. The van der Waals surface area contributed by atoms with Crippen molar-refractivity contribution in [1.29, 1.82) is 0 Å². The van der Waals surface area contributed by atoms with Crippen LogP contribution in [0.3, 0.4) is 0 Å². The number of aromatic nitrogens is 2. The lowest BCUT2D eigenvalue weighted by atomic mass is 10.3. The summed E-state index contributed by atoms with van der Waals surface area (Å²) in [6.07, 6.45) is 2.89. The van der Waals surface area contributed by atoms with Gasteiger partial charge in [0.05, 0.1) is 12.4 Å². The van der Waals surface area contributed by atoms with Gasteiger partial charge < -0.3 is 15.0 Å². The van der Waals surface area contributed by atoms with E-state index in [0.29, 0.717) is 13.1 Å². The quantitative estimate of drug-likeness (QED) is 0.658. The molecule has 1 unspecified atom stereocenters. The Labute approximate surface area is 108 Å². The molecular weight excluding hydrogens is 256 g/mol. The molecule has 1 fully saturated rings. The molecule has 1 amide bonds. The summed E-state index contributed by atoms with van der Waals surface area (Å²) in [6.45, 7) is 0.961. The summed E-state index contributed by atoms with van der Waals surface area (Å²) in [4.78, 5) is 26.0. The molecule has 2 rings (SSSR count). The number of thioether (sulfide) groups is 1. The molecule has 0 saturated carbocycles. The van der Waals surface area contributed by atoms with Gasteiger partial charge >= 0.3 is 5.97 Å². The van der Waals surface area contributed by atoms with Crippen LogP contribution in [0.5, 0.6) is 0 Å². The summed E-state index contributed by atoms with van der Waals surface area (Å²) in [7, 11) is 0. The molecule has 7 nitrogen and oxygen atoms in total. The van der Waals surface area contributed by atoms with Crippen LogP contribution in [-0.2, 0) is 11.3 Å². The lowest BCUT2D eigenvalue weighted by Gasteiger charge is -2.10. The van der Waals surface area contributed by atoms with Crippen molar-refractivity contribution in [3.8, 4) is 0 Å². The van der Waals surface area contributed by atoms with Gasteiger partial charge in [0.15, 0.2) is 5.69 Å². The number of carbonyl (C=O) groups is 2. The van der Waals surface area contributed by atoms with Crippen molar-refractivity contribution in [2.75, 3.05) is 18.2 Å². The molecule has 1 aliphatic rings. The van der Waals surface area contributed by atoms with Crippen molar-refractivity contribution >= 4 is 23.6 Å². The minimum absolute atomic E-state index is 0.00943. The highest BCUT2D eigenvalue weighted by Crippen LogP contribution is 2.09. The van der Waals surface area contributed by atoms with E-state index >= 15 is 0 Å². The lowest BCUT2D eigenvalue weighted by Crippen LogP contribution is -2.42. The Balaban J connectivity index is 1.74. The van der Waals surface area contributed by atoms with Crippen LogP contribution in [0, 0.1) is 0 Å². The maximum Gasteiger partial charge on any atom is 0.356 e. The third-order valence-electron chi connectivity index (χ3n) is 2.55. The van der Waals surface area contributed by atoms with Gasteiger partial charge in [-0.1, -0.05) is 0 Å². The van der Waals surface area contributed by atoms with E-state index in [4.69, 9.17) is 5.11 Å². The maximum atomic E-state index is 11.6. The Kier molecular flexibility index (Phi) is 4.21. The fourth-order valence-electron chi connectivity index (χ4n) is 1.59. The Morgan fingerprint density at radius 3 is 3.11 bits per heavy atom. The van der Waals surface area contributed by atoms with Gasteiger partial charge in [0.1, 0.15) is 0 Å². The second-order valence-electron chi connectivity index (χ2n) is 3.86. The van der Waals surface area contributed by atoms with Gasteiger partial charge in [0, 0.05) is 30.9 Å². The van der Waals surface area contributed by atoms with Crippen molar-refractivity contribution in [2.24, 2.45) is 0 Å². The molecule has 18 heavy (non-hydrogen) atoms. The number of nitrogens with zero attached hydrogens (tertiary/aromatic N) is 2. The van der Waals surface area contributed by atoms with E-state index in [1.54, 1.807) is 16.3 Å². The van der Waals surface area contributed by atoms with E-state index in [2.05, 4.69) is 15.6 Å². The molecule has 1 aliphatic heterocycles. The van der Waals surface area contributed by atoms with Crippen molar-refractivity contribution in [2.45, 2.75) is 12.6 Å². The number of carboxylic acids is 1. The van der Waals surface area contributed by atoms with Crippen LogP contribution in [0.4, 0.5) is 0 Å². The van der Waals surface area contributed by atoms with Gasteiger partial charge in [-0.3, -0.25) is 10.1 Å². The number of rotatable bonds is 5. The van der Waals surface area contributed by atoms with Gasteiger partial charge in [0.2, 0.25) is 5.91 Å². The predicted molar refractivity (Wildman–Crippen MR) is 66.4 cm³/mol. The zero-order valence-electron chi connectivity index (χ0n) is 9.63. The predicted octanol–water partition coefficient (Wildman–Crippen LogP) is -0.640. The van der Waals surface area contributed by atoms with Gasteiger partial charge in [-0.2, -0.15) is 0 Å². The van der Waals surface area contributed by atoms with Crippen molar-refractivity contribution in [3.05, 3.63) is 18.2 Å². The Morgan fingerprint density at radius 2 is 2.50 bits per heavy atom. The third kappa shape index (κ3) is 3.23. The number of carboxylic acid groups (broad SMARTS) is 1. The van der Waals surface area contributed by atoms with Gasteiger partial charge in [-0.05, 0) is 0 Å². The standard InChI is InChI=1S/C10H14N4O3S/c15-9(8-4-18-6-13-8)11-1-2-14-3-7(10(16)17)12-5-14/h3,5,8,13H,1-2,4,6H2,(H,11,15)(H,16,17). The number of hydrogen-bond donors (Lipinski definition) is 3. The Hall–Kier alpha value is -1.54. The normalized spacial score (nSPS) is 18.8. The zero-order valence-corrected chi connectivity index (χ0v) is 10.4. The van der Waals surface area contributed by atoms with E-state index < -0.39 is 5.97 Å². The van der Waals surface area contributed by atoms with Crippen LogP contribution in [-0.4, -0.2) is 50.8 Å². The molecule has 98 valence electrons. The van der Waals surface area contributed by atoms with Crippen LogP contribution < -0.4 is 10.6 Å². The van der Waals surface area contributed by atoms with Crippen LogP contribution in [0.2, 0.25) is 0 Å². The van der Waals surface area contributed by atoms with Crippen LogP contribution >= 0.6 is 11.8 Å². The van der Waals surface area contributed by atoms with Gasteiger partial charge in [-0.25, -0.2) is 9.78 Å². The average Bonchev–Trinajstić information content (AvgIpc) is 3.00. The minimum Gasteiger partial charge on any atom is -0.476 e. The highest BCUT2D eigenvalue weighted by molar-refractivity contribution is 7.99. The van der Waals surface area contributed by atoms with Crippen molar-refractivity contribution in [1.82, 2.24) is 20.2 Å². The second-order valence-corrected chi connectivity index (χ2v) is 4.90. The van der Waals surface area contributed by atoms with E-state index in [0.717, 1.165) is 11.6 Å². The molecule has 3 N–H and O–H groups in total. The highest BCUT2D eigenvalue weighted by Gasteiger charge is 2.21. The SMILES string of the molecule is O=C(O)c1cn(CCNC(=O)C2CSCN2)cn1. The Morgan fingerprint density at radius 1 is 1.67 bits per heavy atom. The van der Waals surface area contributed by atoms with Crippen LogP contribution in [0.1, 0.15) is 10.5 Å². The number of hydrogen-bond acceptors (Lipinski definition) is 5. The van der Waals surface area contributed by atoms with Gasteiger partial charge in [-0.15, -0.1) is 11.8 Å². The number of imidazole rings is 1. The molecule has 1 aromatic rings. The molecule has 1 saturated heterocycles. The molecule has 1 atom stereocenters. The van der Waals surface area contributed by atoms with E-state index in [9.17, 15) is 9.59 Å². The average molecular weight is 270 g/mol. The first-order valence-corrected chi connectivity index (χ1v) is 6.66. The monoisotopic (exact) mass is 270 g/mol. The molecule has 0 spiro atoms. The number of aromatic carboxylic acids is 1. The number of carbonyl (C=O) groups excluding carboxylic acids is 1. The molecule has 0 aliphatic carbocycles. The number of nitrogens with one attached hydrogen (secondary N) is 2. The summed E-state index contributed by atoms with van der Waals surface area (Å²) < 4.78 is 1.64. The Bertz CT molecular complexity index is 442. The maximum absolute atomic E-state index is 11.6. The van der Waals surface area contributed by atoms with E-state index in [1.807, 2.05) is 0 Å². The molecule has 0 bridgehead atoms. The fourth-order valence-corrected chi connectivity index (χ4v) is 2.53. The minimum atomic E-state index is -1.05. The van der Waals surface area contributed by atoms with Gasteiger partial charge in [0.25, 0.3) is 0 Å². The first kappa shape index (κ1) is 12.9. The zero-order chi connectivity index (χ0) is 13.0.